The van der Waals surface area contributed by atoms with Crippen LogP contribution in [0.5, 0.6) is 0 Å². The van der Waals surface area contributed by atoms with Gasteiger partial charge in [0, 0.05) is 37.6 Å². The van der Waals surface area contributed by atoms with E-state index >= 15 is 0 Å². The molecule has 1 aliphatic carbocycles. The van der Waals surface area contributed by atoms with Crippen LogP contribution >= 0.6 is 0 Å². The van der Waals surface area contributed by atoms with Crippen molar-refractivity contribution >= 4 is 38.4 Å². The third-order valence-corrected chi connectivity index (χ3v) is 8.44. The first-order valence-corrected chi connectivity index (χ1v) is 13.4. The molecule has 6 rings (SSSR count). The van der Waals surface area contributed by atoms with Crippen molar-refractivity contribution in [3.05, 3.63) is 36.9 Å². The fourth-order valence-electron chi connectivity index (χ4n) is 4.42. The summed E-state index contributed by atoms with van der Waals surface area (Å²) in [7, 11) is -3.44. The minimum absolute atomic E-state index is 0.207. The van der Waals surface area contributed by atoms with E-state index in [-0.39, 0.29) is 11.3 Å². The van der Waals surface area contributed by atoms with Gasteiger partial charge < -0.3 is 10.2 Å². The van der Waals surface area contributed by atoms with Gasteiger partial charge in [-0.15, -0.1) is 0 Å². The lowest BCUT2D eigenvalue weighted by Gasteiger charge is -2.14. The number of nitrogens with one attached hydrogen (secondary N) is 1. The number of anilines is 3. The number of fused-ring (bicyclic) bond motifs is 1. The molecule has 5 heterocycles. The molecule has 1 N–H and O–H groups in total. The molecule has 2 fully saturated rings. The second kappa shape index (κ2) is 8.29. The SMILES string of the molecule is CC(C)n1nc(N2CCCC2)c2cnc(Nc3ccnc(-c4cnn(S(=O)(=O)C5CC5)c4)n3)cc21. The molecular formula is C23H27N9O2S. The zero-order chi connectivity index (χ0) is 24.2. The van der Waals surface area contributed by atoms with Gasteiger partial charge in [0.2, 0.25) is 0 Å². The monoisotopic (exact) mass is 493 g/mol. The van der Waals surface area contributed by atoms with Gasteiger partial charge in [-0.05, 0) is 45.6 Å². The highest BCUT2D eigenvalue weighted by molar-refractivity contribution is 7.90. The van der Waals surface area contributed by atoms with E-state index in [1.165, 1.54) is 25.2 Å². The molecule has 4 aromatic heterocycles. The normalized spacial score (nSPS) is 16.5. The van der Waals surface area contributed by atoms with Crippen molar-refractivity contribution < 1.29 is 8.42 Å². The van der Waals surface area contributed by atoms with Crippen molar-refractivity contribution in [1.29, 1.82) is 0 Å². The summed E-state index contributed by atoms with van der Waals surface area (Å²) in [5.41, 5.74) is 1.55. The molecule has 2 aliphatic rings. The van der Waals surface area contributed by atoms with Gasteiger partial charge >= 0.3 is 0 Å². The number of hydrogen-bond acceptors (Lipinski definition) is 9. The molecule has 182 valence electrons. The van der Waals surface area contributed by atoms with Crippen LogP contribution in [0.1, 0.15) is 45.6 Å². The Labute approximate surface area is 203 Å². The number of nitrogens with zero attached hydrogens (tertiary/aromatic N) is 8. The second-order valence-corrected chi connectivity index (χ2v) is 11.4. The van der Waals surface area contributed by atoms with Crippen LogP contribution in [-0.4, -0.2) is 60.7 Å². The van der Waals surface area contributed by atoms with Gasteiger partial charge in [-0.1, -0.05) is 0 Å². The summed E-state index contributed by atoms with van der Waals surface area (Å²) in [6, 6.07) is 3.94. The standard InChI is InChI=1S/C23H27N9O2S/c1-15(2)32-19-11-21(25-13-18(19)23(29-32)30-9-3-4-10-30)27-20-7-8-24-22(28-20)16-12-26-31(14-16)35(33,34)17-5-6-17/h7-8,11-15,17H,3-6,9-10H2,1-2H3,(H,24,25,27,28). The van der Waals surface area contributed by atoms with Crippen molar-refractivity contribution in [2.45, 2.75) is 50.8 Å². The Morgan fingerprint density at radius 3 is 2.63 bits per heavy atom. The second-order valence-electron chi connectivity index (χ2n) is 9.38. The van der Waals surface area contributed by atoms with Crippen LogP contribution in [0, 0.1) is 0 Å². The Kier molecular flexibility index (Phi) is 5.20. The van der Waals surface area contributed by atoms with E-state index in [1.54, 1.807) is 12.3 Å². The van der Waals surface area contributed by atoms with E-state index in [2.05, 4.69) is 44.1 Å². The van der Waals surface area contributed by atoms with Crippen LogP contribution in [0.2, 0.25) is 0 Å². The molecule has 0 unspecified atom stereocenters. The average molecular weight is 494 g/mol. The topological polar surface area (TPSA) is 124 Å². The van der Waals surface area contributed by atoms with Gasteiger partial charge in [0.05, 0.1) is 34.1 Å². The van der Waals surface area contributed by atoms with Crippen LogP contribution in [0.25, 0.3) is 22.3 Å². The minimum atomic E-state index is -3.44. The molecule has 4 aromatic rings. The molecule has 0 amide bonds. The van der Waals surface area contributed by atoms with Crippen molar-refractivity contribution in [2.75, 3.05) is 23.3 Å². The summed E-state index contributed by atoms with van der Waals surface area (Å²) in [5.74, 6) is 2.57. The van der Waals surface area contributed by atoms with E-state index in [1.807, 2.05) is 16.9 Å². The zero-order valence-corrected chi connectivity index (χ0v) is 20.5. The third kappa shape index (κ3) is 4.01. The smallest absolute Gasteiger partial charge is 0.256 e. The van der Waals surface area contributed by atoms with Gasteiger partial charge in [0.25, 0.3) is 10.0 Å². The Morgan fingerprint density at radius 1 is 1.09 bits per heavy atom. The van der Waals surface area contributed by atoms with Crippen LogP contribution < -0.4 is 10.2 Å². The molecule has 0 spiro atoms. The van der Waals surface area contributed by atoms with Crippen molar-refractivity contribution in [1.82, 2.24) is 33.9 Å². The molecule has 0 bridgehead atoms. The highest BCUT2D eigenvalue weighted by atomic mass is 32.2. The van der Waals surface area contributed by atoms with E-state index in [4.69, 9.17) is 5.10 Å². The maximum absolute atomic E-state index is 12.4. The maximum Gasteiger partial charge on any atom is 0.256 e. The maximum atomic E-state index is 12.4. The van der Waals surface area contributed by atoms with Crippen molar-refractivity contribution in [2.24, 2.45) is 0 Å². The Bertz CT molecular complexity index is 1500. The summed E-state index contributed by atoms with van der Waals surface area (Å²) >= 11 is 0. The van der Waals surface area contributed by atoms with Crippen molar-refractivity contribution in [3.8, 4) is 11.4 Å². The summed E-state index contributed by atoms with van der Waals surface area (Å²) < 4.78 is 28.0. The van der Waals surface area contributed by atoms with Crippen LogP contribution in [0.3, 0.4) is 0 Å². The lowest BCUT2D eigenvalue weighted by Crippen LogP contribution is -2.18. The van der Waals surface area contributed by atoms with E-state index in [9.17, 15) is 8.42 Å². The molecule has 0 atom stereocenters. The summed E-state index contributed by atoms with van der Waals surface area (Å²) in [6.07, 6.45) is 10.2. The zero-order valence-electron chi connectivity index (χ0n) is 19.7. The van der Waals surface area contributed by atoms with Crippen LogP contribution in [-0.2, 0) is 10.0 Å². The summed E-state index contributed by atoms with van der Waals surface area (Å²) in [6.45, 7) is 6.28. The Morgan fingerprint density at radius 2 is 1.89 bits per heavy atom. The van der Waals surface area contributed by atoms with Crippen molar-refractivity contribution in [3.63, 3.8) is 0 Å². The molecule has 1 saturated carbocycles. The quantitative estimate of drug-likeness (QED) is 0.413. The fraction of sp³-hybridized carbons (Fsp3) is 0.435. The first-order chi connectivity index (χ1) is 16.9. The number of pyridine rings is 1. The van der Waals surface area contributed by atoms with Gasteiger partial charge in [-0.2, -0.15) is 14.3 Å². The van der Waals surface area contributed by atoms with E-state index < -0.39 is 10.0 Å². The first kappa shape index (κ1) is 22.0. The molecule has 12 heteroatoms. The Balaban J connectivity index is 1.29. The van der Waals surface area contributed by atoms with Gasteiger partial charge in [-0.25, -0.2) is 23.4 Å². The van der Waals surface area contributed by atoms with Gasteiger partial charge in [0.1, 0.15) is 11.6 Å². The molecule has 1 saturated heterocycles. The highest BCUT2D eigenvalue weighted by Crippen LogP contribution is 2.32. The van der Waals surface area contributed by atoms with Gasteiger partial charge in [0.15, 0.2) is 11.6 Å². The largest absolute Gasteiger partial charge is 0.355 e. The van der Waals surface area contributed by atoms with E-state index in [0.717, 1.165) is 33.9 Å². The Hall–Kier alpha value is -3.54. The molecule has 1 aliphatic heterocycles. The predicted molar refractivity (Wildman–Crippen MR) is 133 cm³/mol. The molecule has 0 radical (unpaired) electrons. The lowest BCUT2D eigenvalue weighted by molar-refractivity contribution is 0.550. The number of rotatable bonds is 7. The molecular weight excluding hydrogens is 466 g/mol. The minimum Gasteiger partial charge on any atom is -0.355 e. The predicted octanol–water partition coefficient (Wildman–Crippen LogP) is 3.35. The van der Waals surface area contributed by atoms with Gasteiger partial charge in [-0.3, -0.25) is 4.68 Å². The highest BCUT2D eigenvalue weighted by Gasteiger charge is 2.37. The third-order valence-electron chi connectivity index (χ3n) is 6.40. The summed E-state index contributed by atoms with van der Waals surface area (Å²) in [4.78, 5) is 15.8. The average Bonchev–Trinajstić information content (AvgIpc) is 3.24. The molecule has 0 aromatic carbocycles. The van der Waals surface area contributed by atoms with E-state index in [0.29, 0.717) is 35.9 Å². The number of hydrogen-bond donors (Lipinski definition) is 1. The first-order valence-electron chi connectivity index (χ1n) is 11.9. The molecule has 35 heavy (non-hydrogen) atoms. The molecule has 11 nitrogen and oxygen atoms in total. The number of aromatic nitrogens is 7. The van der Waals surface area contributed by atoms with Crippen LogP contribution in [0.4, 0.5) is 17.5 Å². The fourth-order valence-corrected chi connectivity index (χ4v) is 5.89. The summed E-state index contributed by atoms with van der Waals surface area (Å²) in [5, 5.41) is 12.9. The van der Waals surface area contributed by atoms with Crippen LogP contribution in [0.15, 0.2) is 36.9 Å². The lowest BCUT2D eigenvalue weighted by atomic mass is 10.2.